The third-order valence-corrected chi connectivity index (χ3v) is 3.63. The van der Waals surface area contributed by atoms with Crippen LogP contribution >= 0.6 is 11.6 Å². The van der Waals surface area contributed by atoms with Crippen molar-refractivity contribution in [1.82, 2.24) is 10.5 Å². The minimum absolute atomic E-state index is 0.0797. The van der Waals surface area contributed by atoms with E-state index in [0.29, 0.717) is 16.3 Å². The molecule has 0 unspecified atom stereocenters. The van der Waals surface area contributed by atoms with Crippen LogP contribution in [0, 0.1) is 11.6 Å². The largest absolute Gasteiger partial charge is 0.356 e. The SMILES string of the molecule is O=C(NCc1cc(-c2ccc(F)cc2F)on1)c1ccccc1Cl. The zero-order valence-electron chi connectivity index (χ0n) is 12.2. The Morgan fingerprint density at radius 3 is 2.71 bits per heavy atom. The fraction of sp³-hybridized carbons (Fsp3) is 0.0588. The number of carbonyl (C=O) groups excluding carboxylic acids is 1. The maximum absolute atomic E-state index is 13.7. The van der Waals surface area contributed by atoms with Crippen LogP contribution in [0.15, 0.2) is 53.1 Å². The molecule has 0 aliphatic rings. The number of halogens is 3. The van der Waals surface area contributed by atoms with Crippen molar-refractivity contribution in [2.75, 3.05) is 0 Å². The fourth-order valence-electron chi connectivity index (χ4n) is 2.12. The summed E-state index contributed by atoms with van der Waals surface area (Å²) in [4.78, 5) is 12.1. The van der Waals surface area contributed by atoms with E-state index in [-0.39, 0.29) is 23.8 Å². The van der Waals surface area contributed by atoms with E-state index < -0.39 is 11.6 Å². The van der Waals surface area contributed by atoms with E-state index >= 15 is 0 Å². The van der Waals surface area contributed by atoms with Gasteiger partial charge in [-0.2, -0.15) is 0 Å². The molecule has 0 atom stereocenters. The van der Waals surface area contributed by atoms with Crippen LogP contribution in [0.4, 0.5) is 8.78 Å². The first-order valence-corrected chi connectivity index (χ1v) is 7.36. The summed E-state index contributed by atoms with van der Waals surface area (Å²) in [5, 5.41) is 6.74. The van der Waals surface area contributed by atoms with Gasteiger partial charge in [0.2, 0.25) is 0 Å². The van der Waals surface area contributed by atoms with Gasteiger partial charge in [0.15, 0.2) is 5.76 Å². The molecule has 0 bridgehead atoms. The van der Waals surface area contributed by atoms with Crippen molar-refractivity contribution in [3.63, 3.8) is 0 Å². The highest BCUT2D eigenvalue weighted by Crippen LogP contribution is 2.24. The zero-order chi connectivity index (χ0) is 17.1. The van der Waals surface area contributed by atoms with Gasteiger partial charge in [0.05, 0.1) is 22.7 Å². The van der Waals surface area contributed by atoms with Crippen LogP contribution in [-0.2, 0) is 6.54 Å². The smallest absolute Gasteiger partial charge is 0.253 e. The van der Waals surface area contributed by atoms with Crippen molar-refractivity contribution >= 4 is 17.5 Å². The summed E-state index contributed by atoms with van der Waals surface area (Å²) in [6.45, 7) is 0.0797. The van der Waals surface area contributed by atoms with Crippen LogP contribution in [0.3, 0.4) is 0 Å². The van der Waals surface area contributed by atoms with Crippen molar-refractivity contribution in [2.24, 2.45) is 0 Å². The summed E-state index contributed by atoms with van der Waals surface area (Å²) in [6, 6.07) is 11.3. The average molecular weight is 349 g/mol. The summed E-state index contributed by atoms with van der Waals surface area (Å²) < 4.78 is 31.7. The standard InChI is InChI=1S/C17H11ClF2N2O2/c18-14-4-2-1-3-12(14)17(23)21-9-11-8-16(24-22-11)13-6-5-10(19)7-15(13)20/h1-8H,9H2,(H,21,23). The first-order chi connectivity index (χ1) is 11.5. The number of nitrogens with one attached hydrogen (secondary N) is 1. The molecule has 2 aromatic carbocycles. The Hall–Kier alpha value is -2.73. The van der Waals surface area contributed by atoms with E-state index in [1.165, 1.54) is 12.1 Å². The molecule has 122 valence electrons. The molecule has 1 amide bonds. The first-order valence-electron chi connectivity index (χ1n) is 6.98. The summed E-state index contributed by atoms with van der Waals surface area (Å²) in [7, 11) is 0. The number of rotatable bonds is 4. The number of hydrogen-bond acceptors (Lipinski definition) is 3. The number of nitrogens with zero attached hydrogens (tertiary/aromatic N) is 1. The molecule has 0 saturated heterocycles. The summed E-state index contributed by atoms with van der Waals surface area (Å²) in [5.41, 5.74) is 0.828. The molecule has 3 aromatic rings. The van der Waals surface area contributed by atoms with Gasteiger partial charge >= 0.3 is 0 Å². The Morgan fingerprint density at radius 1 is 1.17 bits per heavy atom. The number of aromatic nitrogens is 1. The molecule has 7 heteroatoms. The normalized spacial score (nSPS) is 10.6. The Bertz CT molecular complexity index is 896. The van der Waals surface area contributed by atoms with Crippen molar-refractivity contribution in [2.45, 2.75) is 6.54 Å². The van der Waals surface area contributed by atoms with Crippen LogP contribution in [0.25, 0.3) is 11.3 Å². The lowest BCUT2D eigenvalue weighted by Gasteiger charge is -2.04. The maximum Gasteiger partial charge on any atom is 0.253 e. The van der Waals surface area contributed by atoms with Gasteiger partial charge < -0.3 is 9.84 Å². The minimum atomic E-state index is -0.752. The van der Waals surface area contributed by atoms with E-state index in [9.17, 15) is 13.6 Å². The van der Waals surface area contributed by atoms with Gasteiger partial charge in [-0.15, -0.1) is 0 Å². The molecule has 1 heterocycles. The zero-order valence-corrected chi connectivity index (χ0v) is 13.0. The maximum atomic E-state index is 13.7. The van der Waals surface area contributed by atoms with Crippen molar-refractivity contribution in [3.05, 3.63) is 76.4 Å². The highest BCUT2D eigenvalue weighted by Gasteiger charge is 2.14. The molecule has 4 nitrogen and oxygen atoms in total. The number of benzene rings is 2. The lowest BCUT2D eigenvalue weighted by molar-refractivity contribution is 0.0950. The van der Waals surface area contributed by atoms with E-state index in [0.717, 1.165) is 12.1 Å². The van der Waals surface area contributed by atoms with Gasteiger partial charge in [-0.1, -0.05) is 28.9 Å². The summed E-state index contributed by atoms with van der Waals surface area (Å²) in [5.74, 6) is -1.64. The molecule has 0 aliphatic heterocycles. The van der Waals surface area contributed by atoms with E-state index in [1.807, 2.05) is 0 Å². The predicted molar refractivity (Wildman–Crippen MR) is 84.5 cm³/mol. The number of hydrogen-bond donors (Lipinski definition) is 1. The van der Waals surface area contributed by atoms with Gasteiger partial charge in [-0.05, 0) is 24.3 Å². The summed E-state index contributed by atoms with van der Waals surface area (Å²) in [6.07, 6.45) is 0. The molecule has 1 aromatic heterocycles. The molecule has 3 rings (SSSR count). The number of amides is 1. The molecule has 0 aliphatic carbocycles. The number of carbonyl (C=O) groups is 1. The Balaban J connectivity index is 1.70. The second-order valence-electron chi connectivity index (χ2n) is 4.97. The van der Waals surface area contributed by atoms with E-state index in [4.69, 9.17) is 16.1 Å². The topological polar surface area (TPSA) is 55.1 Å². The molecule has 24 heavy (non-hydrogen) atoms. The second-order valence-corrected chi connectivity index (χ2v) is 5.38. The lowest BCUT2D eigenvalue weighted by Crippen LogP contribution is -2.23. The van der Waals surface area contributed by atoms with Gasteiger partial charge in [0.25, 0.3) is 5.91 Å². The van der Waals surface area contributed by atoms with E-state index in [2.05, 4.69) is 10.5 Å². The Labute approximate surface area is 141 Å². The lowest BCUT2D eigenvalue weighted by atomic mass is 10.1. The van der Waals surface area contributed by atoms with Crippen LogP contribution in [0.1, 0.15) is 16.1 Å². The Morgan fingerprint density at radius 2 is 1.96 bits per heavy atom. The minimum Gasteiger partial charge on any atom is -0.356 e. The molecule has 0 fully saturated rings. The molecule has 0 saturated carbocycles. The quantitative estimate of drug-likeness (QED) is 0.768. The van der Waals surface area contributed by atoms with Gasteiger partial charge in [0, 0.05) is 12.1 Å². The third-order valence-electron chi connectivity index (χ3n) is 3.30. The van der Waals surface area contributed by atoms with Crippen molar-refractivity contribution < 1.29 is 18.1 Å². The Kier molecular flexibility index (Phi) is 4.57. The molecular weight excluding hydrogens is 338 g/mol. The predicted octanol–water partition coefficient (Wildman–Crippen LogP) is 4.20. The van der Waals surface area contributed by atoms with Crippen LogP contribution in [0.2, 0.25) is 5.02 Å². The molecule has 0 radical (unpaired) electrons. The molecule has 1 N–H and O–H groups in total. The van der Waals surface area contributed by atoms with Crippen LogP contribution < -0.4 is 5.32 Å². The van der Waals surface area contributed by atoms with Crippen LogP contribution in [-0.4, -0.2) is 11.1 Å². The van der Waals surface area contributed by atoms with E-state index in [1.54, 1.807) is 24.3 Å². The monoisotopic (exact) mass is 348 g/mol. The summed E-state index contributed by atoms with van der Waals surface area (Å²) >= 11 is 5.95. The second kappa shape index (κ2) is 6.80. The fourth-order valence-corrected chi connectivity index (χ4v) is 2.34. The van der Waals surface area contributed by atoms with Crippen molar-refractivity contribution in [3.8, 4) is 11.3 Å². The molecular formula is C17H11ClF2N2O2. The van der Waals surface area contributed by atoms with Gasteiger partial charge in [-0.25, -0.2) is 8.78 Å². The molecule has 0 spiro atoms. The van der Waals surface area contributed by atoms with Crippen LogP contribution in [0.5, 0.6) is 0 Å². The van der Waals surface area contributed by atoms with Gasteiger partial charge in [0.1, 0.15) is 17.3 Å². The average Bonchev–Trinajstić information content (AvgIpc) is 3.01. The van der Waals surface area contributed by atoms with Gasteiger partial charge in [-0.3, -0.25) is 4.79 Å². The van der Waals surface area contributed by atoms with Crippen molar-refractivity contribution in [1.29, 1.82) is 0 Å². The highest BCUT2D eigenvalue weighted by atomic mass is 35.5. The third kappa shape index (κ3) is 3.44. The first kappa shape index (κ1) is 16.1. The highest BCUT2D eigenvalue weighted by molar-refractivity contribution is 6.33.